The largest absolute Gasteiger partial charge is 0.492 e. The molecule has 0 radical (unpaired) electrons. The predicted octanol–water partition coefficient (Wildman–Crippen LogP) is 2.25. The number of ether oxygens (including phenoxy) is 1. The molecule has 5 nitrogen and oxygen atoms in total. The van der Waals surface area contributed by atoms with E-state index < -0.39 is 0 Å². The van der Waals surface area contributed by atoms with Crippen LogP contribution in [0, 0.1) is 0 Å². The van der Waals surface area contributed by atoms with Crippen molar-refractivity contribution in [3.63, 3.8) is 0 Å². The summed E-state index contributed by atoms with van der Waals surface area (Å²) >= 11 is 0. The Labute approximate surface area is 120 Å². The highest BCUT2D eigenvalue weighted by atomic mass is 16.5. The third kappa shape index (κ3) is 5.01. The first-order valence-electron chi connectivity index (χ1n) is 6.82. The first kappa shape index (κ1) is 14.5. The molecule has 1 aromatic heterocycles. The Morgan fingerprint density at radius 2 is 2.15 bits per heavy atom. The zero-order chi connectivity index (χ0) is 14.4. The minimum Gasteiger partial charge on any atom is -0.492 e. The SMILES string of the molecule is CC(C)(C)NCc1cccc(OCCn2cncn2)c1. The summed E-state index contributed by atoms with van der Waals surface area (Å²) in [5, 5.41) is 7.50. The van der Waals surface area contributed by atoms with Gasteiger partial charge in [-0.25, -0.2) is 9.67 Å². The van der Waals surface area contributed by atoms with Gasteiger partial charge in [-0.2, -0.15) is 5.10 Å². The molecule has 1 heterocycles. The van der Waals surface area contributed by atoms with Gasteiger partial charge >= 0.3 is 0 Å². The lowest BCUT2D eigenvalue weighted by Crippen LogP contribution is -2.35. The molecule has 2 aromatic rings. The normalized spacial score (nSPS) is 11.6. The number of nitrogens with zero attached hydrogens (tertiary/aromatic N) is 3. The second kappa shape index (κ2) is 6.52. The Bertz CT molecular complexity index is 517. The van der Waals surface area contributed by atoms with E-state index in [1.165, 1.54) is 11.9 Å². The van der Waals surface area contributed by atoms with E-state index in [1.807, 2.05) is 12.1 Å². The highest BCUT2D eigenvalue weighted by molar-refractivity contribution is 5.28. The van der Waals surface area contributed by atoms with E-state index >= 15 is 0 Å². The first-order valence-corrected chi connectivity index (χ1v) is 6.82. The molecule has 1 N–H and O–H groups in total. The second-order valence-corrected chi connectivity index (χ2v) is 5.76. The molecule has 0 aliphatic rings. The molecule has 0 amide bonds. The van der Waals surface area contributed by atoms with Crippen molar-refractivity contribution in [2.45, 2.75) is 39.4 Å². The van der Waals surface area contributed by atoms with Crippen LogP contribution in [0.5, 0.6) is 5.75 Å². The number of hydrogen-bond acceptors (Lipinski definition) is 4. The lowest BCUT2D eigenvalue weighted by Gasteiger charge is -2.20. The van der Waals surface area contributed by atoms with Gasteiger partial charge in [-0.1, -0.05) is 12.1 Å². The molecule has 0 fully saturated rings. The summed E-state index contributed by atoms with van der Waals surface area (Å²) < 4.78 is 7.49. The predicted molar refractivity (Wildman–Crippen MR) is 78.6 cm³/mol. The van der Waals surface area contributed by atoms with Crippen LogP contribution in [-0.4, -0.2) is 26.9 Å². The van der Waals surface area contributed by atoms with Gasteiger partial charge in [0.15, 0.2) is 0 Å². The van der Waals surface area contributed by atoms with Gasteiger partial charge < -0.3 is 10.1 Å². The van der Waals surface area contributed by atoms with Crippen LogP contribution in [0.4, 0.5) is 0 Å². The van der Waals surface area contributed by atoms with E-state index in [4.69, 9.17) is 4.74 Å². The van der Waals surface area contributed by atoms with Crippen LogP contribution in [0.3, 0.4) is 0 Å². The van der Waals surface area contributed by atoms with Crippen LogP contribution in [0.2, 0.25) is 0 Å². The fourth-order valence-corrected chi connectivity index (χ4v) is 1.72. The van der Waals surface area contributed by atoms with Crippen molar-refractivity contribution >= 4 is 0 Å². The summed E-state index contributed by atoms with van der Waals surface area (Å²) in [5.74, 6) is 0.887. The number of nitrogens with one attached hydrogen (secondary N) is 1. The fourth-order valence-electron chi connectivity index (χ4n) is 1.72. The molecule has 0 aliphatic heterocycles. The zero-order valence-electron chi connectivity index (χ0n) is 12.3. The van der Waals surface area contributed by atoms with Gasteiger partial charge in [0, 0.05) is 12.1 Å². The van der Waals surface area contributed by atoms with Gasteiger partial charge in [0.2, 0.25) is 0 Å². The van der Waals surface area contributed by atoms with Crippen LogP contribution in [0.15, 0.2) is 36.9 Å². The molecule has 1 aromatic carbocycles. The molecule has 108 valence electrons. The average molecular weight is 274 g/mol. The van der Waals surface area contributed by atoms with E-state index in [1.54, 1.807) is 11.0 Å². The Hall–Kier alpha value is -1.88. The number of aromatic nitrogens is 3. The maximum Gasteiger partial charge on any atom is 0.137 e. The molecule has 0 bridgehead atoms. The topological polar surface area (TPSA) is 52.0 Å². The lowest BCUT2D eigenvalue weighted by molar-refractivity contribution is 0.290. The Morgan fingerprint density at radius 3 is 2.85 bits per heavy atom. The van der Waals surface area contributed by atoms with Gasteiger partial charge in [-0.3, -0.25) is 0 Å². The standard InChI is InChI=1S/C15H22N4O/c1-15(2,3)17-10-13-5-4-6-14(9-13)20-8-7-19-12-16-11-18-19/h4-6,9,11-12,17H,7-8,10H2,1-3H3. The molecule has 20 heavy (non-hydrogen) atoms. The van der Waals surface area contributed by atoms with Crippen LogP contribution in [-0.2, 0) is 13.1 Å². The molecule has 0 aliphatic carbocycles. The van der Waals surface area contributed by atoms with Crippen molar-refractivity contribution in [1.82, 2.24) is 20.1 Å². The molecular formula is C15H22N4O. The summed E-state index contributed by atoms with van der Waals surface area (Å²) in [4.78, 5) is 3.90. The van der Waals surface area contributed by atoms with Crippen LogP contribution < -0.4 is 10.1 Å². The Kier molecular flexibility index (Phi) is 4.74. The monoisotopic (exact) mass is 274 g/mol. The molecule has 0 atom stereocenters. The summed E-state index contributed by atoms with van der Waals surface area (Å²) in [7, 11) is 0. The minimum absolute atomic E-state index is 0.115. The Morgan fingerprint density at radius 1 is 1.30 bits per heavy atom. The third-order valence-corrected chi connectivity index (χ3v) is 2.78. The molecule has 0 saturated carbocycles. The molecule has 0 spiro atoms. The molecule has 2 rings (SSSR count). The van der Waals surface area contributed by atoms with Crippen molar-refractivity contribution in [3.05, 3.63) is 42.5 Å². The van der Waals surface area contributed by atoms with Gasteiger partial charge in [0.05, 0.1) is 6.54 Å². The quantitative estimate of drug-likeness (QED) is 0.877. The molecular weight excluding hydrogens is 252 g/mol. The summed E-state index contributed by atoms with van der Waals surface area (Å²) in [5.41, 5.74) is 1.34. The van der Waals surface area contributed by atoms with E-state index in [0.29, 0.717) is 13.2 Å². The van der Waals surface area contributed by atoms with Gasteiger partial charge in [0.1, 0.15) is 25.0 Å². The summed E-state index contributed by atoms with van der Waals surface area (Å²) in [6.45, 7) is 8.59. The maximum absolute atomic E-state index is 5.74. The summed E-state index contributed by atoms with van der Waals surface area (Å²) in [6.07, 6.45) is 3.21. The van der Waals surface area contributed by atoms with Crippen molar-refractivity contribution in [2.75, 3.05) is 6.61 Å². The minimum atomic E-state index is 0.115. The Balaban J connectivity index is 1.83. The van der Waals surface area contributed by atoms with Crippen LogP contribution >= 0.6 is 0 Å². The van der Waals surface area contributed by atoms with E-state index in [2.05, 4.69) is 48.3 Å². The van der Waals surface area contributed by atoms with E-state index in [-0.39, 0.29) is 5.54 Å². The van der Waals surface area contributed by atoms with Crippen LogP contribution in [0.25, 0.3) is 0 Å². The maximum atomic E-state index is 5.74. The van der Waals surface area contributed by atoms with Crippen molar-refractivity contribution < 1.29 is 4.74 Å². The average Bonchev–Trinajstić information content (AvgIpc) is 2.89. The highest BCUT2D eigenvalue weighted by Crippen LogP contribution is 2.14. The third-order valence-electron chi connectivity index (χ3n) is 2.78. The summed E-state index contributed by atoms with van der Waals surface area (Å²) in [6, 6.07) is 8.16. The molecule has 0 unspecified atom stereocenters. The molecule has 5 heteroatoms. The molecule has 0 saturated heterocycles. The number of rotatable bonds is 6. The van der Waals surface area contributed by atoms with Crippen molar-refractivity contribution in [3.8, 4) is 5.75 Å². The second-order valence-electron chi connectivity index (χ2n) is 5.76. The highest BCUT2D eigenvalue weighted by Gasteiger charge is 2.08. The number of hydrogen-bond donors (Lipinski definition) is 1. The lowest BCUT2D eigenvalue weighted by atomic mass is 10.1. The van der Waals surface area contributed by atoms with Gasteiger partial charge in [0.25, 0.3) is 0 Å². The number of benzene rings is 1. The van der Waals surface area contributed by atoms with Crippen molar-refractivity contribution in [2.24, 2.45) is 0 Å². The van der Waals surface area contributed by atoms with Crippen molar-refractivity contribution in [1.29, 1.82) is 0 Å². The van der Waals surface area contributed by atoms with E-state index in [9.17, 15) is 0 Å². The first-order chi connectivity index (χ1) is 9.53. The van der Waals surface area contributed by atoms with E-state index in [0.717, 1.165) is 12.3 Å². The zero-order valence-corrected chi connectivity index (χ0v) is 12.3. The van der Waals surface area contributed by atoms with Crippen LogP contribution in [0.1, 0.15) is 26.3 Å². The van der Waals surface area contributed by atoms with Gasteiger partial charge in [-0.15, -0.1) is 0 Å². The smallest absolute Gasteiger partial charge is 0.137 e. The fraction of sp³-hybridized carbons (Fsp3) is 0.467. The van der Waals surface area contributed by atoms with Gasteiger partial charge in [-0.05, 0) is 38.5 Å².